The summed E-state index contributed by atoms with van der Waals surface area (Å²) in [5.74, 6) is 0. The fourth-order valence-electron chi connectivity index (χ4n) is 2.33. The molecule has 2 aromatic carbocycles. The van der Waals surface area contributed by atoms with Crippen molar-refractivity contribution >= 4 is 28.8 Å². The predicted molar refractivity (Wildman–Crippen MR) is 84.5 cm³/mol. The maximum absolute atomic E-state index is 12.6. The number of anilines is 4. The van der Waals surface area contributed by atoms with Gasteiger partial charge >= 0.3 is 6.09 Å². The molecular formula is C17H18N2O2. The first kappa shape index (κ1) is 13.5. The number of nitrogens with one attached hydrogen (secondary N) is 1. The van der Waals surface area contributed by atoms with Crippen molar-refractivity contribution in [2.45, 2.75) is 26.4 Å². The van der Waals surface area contributed by atoms with Gasteiger partial charge in [-0.3, -0.25) is 0 Å². The molecule has 4 heteroatoms. The molecular weight excluding hydrogens is 264 g/mol. The SMILES string of the molecule is CC(C)(C)OC(=O)N1c2ccccc2Nc2ccccc21. The zero-order chi connectivity index (χ0) is 15.0. The Bertz CT molecular complexity index is 644. The summed E-state index contributed by atoms with van der Waals surface area (Å²) in [7, 11) is 0. The molecule has 1 aliphatic rings. The highest BCUT2D eigenvalue weighted by Gasteiger charge is 2.30. The van der Waals surface area contributed by atoms with Crippen molar-refractivity contribution in [1.82, 2.24) is 0 Å². The Hall–Kier alpha value is -2.49. The minimum atomic E-state index is -0.536. The molecule has 0 radical (unpaired) electrons. The molecule has 3 rings (SSSR count). The van der Waals surface area contributed by atoms with Crippen LogP contribution in [0.25, 0.3) is 0 Å². The number of benzene rings is 2. The van der Waals surface area contributed by atoms with Crippen molar-refractivity contribution in [1.29, 1.82) is 0 Å². The van der Waals surface area contributed by atoms with Crippen molar-refractivity contribution in [3.63, 3.8) is 0 Å². The molecule has 0 saturated carbocycles. The van der Waals surface area contributed by atoms with Gasteiger partial charge in [-0.1, -0.05) is 24.3 Å². The standard InChI is InChI=1S/C17H18N2O2/c1-17(2,3)21-16(20)19-14-10-6-4-8-12(14)18-13-9-5-7-11-15(13)19/h4-11,18H,1-3H3. The van der Waals surface area contributed by atoms with Gasteiger partial charge in [0, 0.05) is 0 Å². The van der Waals surface area contributed by atoms with Crippen LogP contribution >= 0.6 is 0 Å². The van der Waals surface area contributed by atoms with E-state index in [0.717, 1.165) is 22.7 Å². The predicted octanol–water partition coefficient (Wildman–Crippen LogP) is 4.82. The molecule has 0 fully saturated rings. The lowest BCUT2D eigenvalue weighted by Crippen LogP contribution is -2.35. The lowest BCUT2D eigenvalue weighted by Gasteiger charge is -2.33. The van der Waals surface area contributed by atoms with Gasteiger partial charge in [-0.2, -0.15) is 0 Å². The van der Waals surface area contributed by atoms with E-state index in [1.807, 2.05) is 69.3 Å². The Morgan fingerprint density at radius 1 is 0.952 bits per heavy atom. The number of carbonyl (C=O) groups excluding carboxylic acids is 1. The smallest absolute Gasteiger partial charge is 0.419 e. The molecule has 1 N–H and O–H groups in total. The van der Waals surface area contributed by atoms with E-state index in [4.69, 9.17) is 4.74 Å². The number of nitrogens with zero attached hydrogens (tertiary/aromatic N) is 1. The highest BCUT2D eigenvalue weighted by atomic mass is 16.6. The molecule has 0 atom stereocenters. The van der Waals surface area contributed by atoms with Crippen LogP contribution in [0.4, 0.5) is 27.5 Å². The van der Waals surface area contributed by atoms with Crippen LogP contribution in [0.2, 0.25) is 0 Å². The number of amides is 1. The Labute approximate surface area is 124 Å². The first-order chi connectivity index (χ1) is 9.96. The van der Waals surface area contributed by atoms with Crippen molar-refractivity contribution in [2.24, 2.45) is 0 Å². The van der Waals surface area contributed by atoms with Crippen LogP contribution in [0.3, 0.4) is 0 Å². The minimum Gasteiger partial charge on any atom is -0.443 e. The second kappa shape index (κ2) is 4.81. The highest BCUT2D eigenvalue weighted by Crippen LogP contribution is 2.43. The van der Waals surface area contributed by atoms with Crippen LogP contribution in [0.15, 0.2) is 48.5 Å². The zero-order valence-corrected chi connectivity index (χ0v) is 12.4. The average molecular weight is 282 g/mol. The number of ether oxygens (including phenoxy) is 1. The van der Waals surface area contributed by atoms with Crippen molar-refractivity contribution in [3.8, 4) is 0 Å². The molecule has 2 aromatic rings. The molecule has 1 aliphatic heterocycles. The number of hydrogen-bond donors (Lipinski definition) is 1. The third-order valence-corrected chi connectivity index (χ3v) is 3.14. The van der Waals surface area contributed by atoms with E-state index in [1.165, 1.54) is 0 Å². The van der Waals surface area contributed by atoms with E-state index in [9.17, 15) is 4.79 Å². The van der Waals surface area contributed by atoms with E-state index < -0.39 is 5.60 Å². The maximum atomic E-state index is 12.6. The van der Waals surface area contributed by atoms with Crippen LogP contribution in [0.1, 0.15) is 20.8 Å². The summed E-state index contributed by atoms with van der Waals surface area (Å²) >= 11 is 0. The lowest BCUT2D eigenvalue weighted by atomic mass is 10.1. The Morgan fingerprint density at radius 2 is 1.43 bits per heavy atom. The summed E-state index contributed by atoms with van der Waals surface area (Å²) in [4.78, 5) is 14.2. The second-order valence-electron chi connectivity index (χ2n) is 5.98. The fraction of sp³-hybridized carbons (Fsp3) is 0.235. The molecule has 0 bridgehead atoms. The van der Waals surface area contributed by atoms with E-state index in [2.05, 4.69) is 5.32 Å². The Morgan fingerprint density at radius 3 is 1.90 bits per heavy atom. The zero-order valence-electron chi connectivity index (χ0n) is 12.4. The van der Waals surface area contributed by atoms with Crippen molar-refractivity contribution in [3.05, 3.63) is 48.5 Å². The quantitative estimate of drug-likeness (QED) is 0.753. The maximum Gasteiger partial charge on any atom is 0.419 e. The third kappa shape index (κ3) is 2.57. The molecule has 1 heterocycles. The van der Waals surface area contributed by atoms with Gasteiger partial charge < -0.3 is 10.1 Å². The number of rotatable bonds is 0. The normalized spacial score (nSPS) is 13.0. The van der Waals surface area contributed by atoms with Crippen molar-refractivity contribution < 1.29 is 9.53 Å². The van der Waals surface area contributed by atoms with E-state index in [1.54, 1.807) is 4.90 Å². The van der Waals surface area contributed by atoms with Gasteiger partial charge in [-0.25, -0.2) is 9.69 Å². The van der Waals surface area contributed by atoms with Gasteiger partial charge in [0.15, 0.2) is 0 Å². The monoisotopic (exact) mass is 282 g/mol. The summed E-state index contributed by atoms with van der Waals surface area (Å²) in [6.45, 7) is 5.60. The van der Waals surface area contributed by atoms with E-state index in [0.29, 0.717) is 0 Å². The average Bonchev–Trinajstić information content (AvgIpc) is 2.42. The van der Waals surface area contributed by atoms with Gasteiger partial charge in [0.2, 0.25) is 0 Å². The number of carbonyl (C=O) groups is 1. The van der Waals surface area contributed by atoms with Crippen molar-refractivity contribution in [2.75, 3.05) is 10.2 Å². The number of para-hydroxylation sites is 4. The van der Waals surface area contributed by atoms with Crippen LogP contribution in [0.5, 0.6) is 0 Å². The Kier molecular flexibility index (Phi) is 3.09. The van der Waals surface area contributed by atoms with Crippen LogP contribution in [-0.2, 0) is 4.74 Å². The topological polar surface area (TPSA) is 41.6 Å². The first-order valence-electron chi connectivity index (χ1n) is 6.94. The highest BCUT2D eigenvalue weighted by molar-refractivity contribution is 6.06. The van der Waals surface area contributed by atoms with Gasteiger partial charge in [0.1, 0.15) is 5.60 Å². The van der Waals surface area contributed by atoms with Crippen LogP contribution in [0, 0.1) is 0 Å². The third-order valence-electron chi connectivity index (χ3n) is 3.14. The van der Waals surface area contributed by atoms with Crippen LogP contribution in [-0.4, -0.2) is 11.7 Å². The number of hydrogen-bond acceptors (Lipinski definition) is 3. The number of fused-ring (bicyclic) bond motifs is 2. The molecule has 4 nitrogen and oxygen atoms in total. The lowest BCUT2D eigenvalue weighted by molar-refractivity contribution is 0.0599. The summed E-state index contributed by atoms with van der Waals surface area (Å²) < 4.78 is 5.55. The Balaban J connectivity index is 2.09. The van der Waals surface area contributed by atoms with Gasteiger partial charge in [0.05, 0.1) is 22.7 Å². The molecule has 0 spiro atoms. The molecule has 0 unspecified atom stereocenters. The molecule has 1 amide bonds. The molecule has 21 heavy (non-hydrogen) atoms. The largest absolute Gasteiger partial charge is 0.443 e. The van der Waals surface area contributed by atoms with Gasteiger partial charge in [-0.05, 0) is 45.0 Å². The van der Waals surface area contributed by atoms with E-state index in [-0.39, 0.29) is 6.09 Å². The molecule has 0 aromatic heterocycles. The van der Waals surface area contributed by atoms with Gasteiger partial charge in [0.25, 0.3) is 0 Å². The summed E-state index contributed by atoms with van der Waals surface area (Å²) in [6.07, 6.45) is -0.371. The minimum absolute atomic E-state index is 0.371. The van der Waals surface area contributed by atoms with Gasteiger partial charge in [-0.15, -0.1) is 0 Å². The summed E-state index contributed by atoms with van der Waals surface area (Å²) in [6, 6.07) is 15.4. The fourth-order valence-corrected chi connectivity index (χ4v) is 2.33. The first-order valence-corrected chi connectivity index (χ1v) is 6.94. The van der Waals surface area contributed by atoms with E-state index >= 15 is 0 Å². The molecule has 108 valence electrons. The second-order valence-corrected chi connectivity index (χ2v) is 5.98. The van der Waals surface area contributed by atoms with Crippen LogP contribution < -0.4 is 10.2 Å². The summed E-state index contributed by atoms with van der Waals surface area (Å²) in [5, 5.41) is 3.34. The molecule has 0 aliphatic carbocycles. The summed E-state index contributed by atoms with van der Waals surface area (Å²) in [5.41, 5.74) is 2.84. The molecule has 0 saturated heterocycles.